The van der Waals surface area contributed by atoms with E-state index in [2.05, 4.69) is 78.1 Å². The third-order valence-corrected chi connectivity index (χ3v) is 12.1. The topological polar surface area (TPSA) is 113 Å². The van der Waals surface area contributed by atoms with E-state index in [1.807, 2.05) is 19.1 Å². The molecule has 1 aliphatic carbocycles. The van der Waals surface area contributed by atoms with Crippen molar-refractivity contribution in [2.75, 3.05) is 34.3 Å². The van der Waals surface area contributed by atoms with E-state index in [0.717, 1.165) is 63.5 Å². The number of amides is 2. The third-order valence-electron chi connectivity index (χ3n) is 10.7. The highest BCUT2D eigenvalue weighted by molar-refractivity contribution is 7.87. The summed E-state index contributed by atoms with van der Waals surface area (Å²) in [4.78, 5) is 30.3. The summed E-state index contributed by atoms with van der Waals surface area (Å²) in [5.74, 6) is 6.46. The predicted octanol–water partition coefficient (Wildman–Crippen LogP) is 6.26. The van der Waals surface area contributed by atoms with Gasteiger partial charge in [-0.1, -0.05) is 38.7 Å². The monoisotopic (exact) mass is 717 g/mol. The van der Waals surface area contributed by atoms with Crippen LogP contribution in [-0.4, -0.2) is 80.4 Å². The fourth-order valence-electron chi connectivity index (χ4n) is 7.85. The zero-order chi connectivity index (χ0) is 37.2. The van der Waals surface area contributed by atoms with Crippen LogP contribution in [0.1, 0.15) is 107 Å². The van der Waals surface area contributed by atoms with Gasteiger partial charge < -0.3 is 14.6 Å². The molecule has 0 spiro atoms. The zero-order valence-electron chi connectivity index (χ0n) is 31.7. The second-order valence-electron chi connectivity index (χ2n) is 14.8. The minimum Gasteiger partial charge on any atom is -0.497 e. The van der Waals surface area contributed by atoms with Crippen LogP contribution in [0.5, 0.6) is 5.75 Å². The van der Waals surface area contributed by atoms with Crippen molar-refractivity contribution in [3.8, 4) is 28.8 Å². The number of fused-ring (bicyclic) bond motifs is 7. The van der Waals surface area contributed by atoms with Crippen molar-refractivity contribution in [3.63, 3.8) is 0 Å². The van der Waals surface area contributed by atoms with Crippen LogP contribution >= 0.6 is 0 Å². The van der Waals surface area contributed by atoms with E-state index in [4.69, 9.17) is 4.74 Å². The molecule has 2 N–H and O–H groups in total. The highest BCUT2D eigenvalue weighted by atomic mass is 32.2. The van der Waals surface area contributed by atoms with E-state index in [9.17, 15) is 18.0 Å². The van der Waals surface area contributed by atoms with Gasteiger partial charge in [0.25, 0.3) is 5.91 Å². The number of nitrogens with one attached hydrogen (secondary N) is 2. The van der Waals surface area contributed by atoms with E-state index < -0.39 is 21.5 Å². The van der Waals surface area contributed by atoms with E-state index in [1.54, 1.807) is 19.2 Å². The number of aromatic nitrogens is 1. The summed E-state index contributed by atoms with van der Waals surface area (Å²) in [6.07, 6.45) is 4.70. The molecule has 2 aliphatic rings. The lowest BCUT2D eigenvalue weighted by atomic mass is 9.85. The molecule has 1 aliphatic heterocycles. The Bertz CT molecular complexity index is 1950. The molecular formula is C40H55N5O5S. The lowest BCUT2D eigenvalue weighted by molar-refractivity contribution is -0.127. The normalized spacial score (nSPS) is 18.5. The van der Waals surface area contributed by atoms with E-state index in [1.165, 1.54) is 19.7 Å². The summed E-state index contributed by atoms with van der Waals surface area (Å²) >= 11 is 0. The Labute approximate surface area is 304 Å². The molecule has 3 aromatic rings. The number of ether oxygens (including phenoxy) is 1. The van der Waals surface area contributed by atoms with Gasteiger partial charge in [-0.3, -0.25) is 14.5 Å². The average molecular weight is 718 g/mol. The maximum atomic E-state index is 14.6. The van der Waals surface area contributed by atoms with Crippen molar-refractivity contribution in [1.29, 1.82) is 0 Å². The molecule has 11 heteroatoms. The first-order chi connectivity index (χ1) is 24.2. The molecule has 0 radical (unpaired) electrons. The predicted molar refractivity (Wildman–Crippen MR) is 204 cm³/mol. The number of nitrogens with zero attached hydrogens (tertiary/aromatic N) is 3. The molecule has 276 valence electrons. The summed E-state index contributed by atoms with van der Waals surface area (Å²) in [6.45, 7) is 14.3. The molecule has 10 nitrogen and oxygen atoms in total. The maximum absolute atomic E-state index is 14.6. The number of rotatable bonds is 15. The Morgan fingerprint density at radius 2 is 1.78 bits per heavy atom. The third kappa shape index (κ3) is 7.55. The fourth-order valence-corrected chi connectivity index (χ4v) is 8.39. The van der Waals surface area contributed by atoms with Crippen molar-refractivity contribution in [1.82, 2.24) is 23.8 Å². The molecule has 3 atom stereocenters. The van der Waals surface area contributed by atoms with Crippen molar-refractivity contribution >= 4 is 32.9 Å². The minimum atomic E-state index is -3.99. The average Bonchev–Trinajstić information content (AvgIpc) is 3.76. The first-order valence-corrected chi connectivity index (χ1v) is 19.7. The summed E-state index contributed by atoms with van der Waals surface area (Å²) in [5.41, 5.74) is 4.83. The zero-order valence-corrected chi connectivity index (χ0v) is 32.5. The van der Waals surface area contributed by atoms with Crippen molar-refractivity contribution in [3.05, 3.63) is 53.1 Å². The summed E-state index contributed by atoms with van der Waals surface area (Å²) in [6, 6.07) is 11.9. The molecule has 2 heterocycles. The molecule has 2 aromatic carbocycles. The Morgan fingerprint density at radius 3 is 2.39 bits per heavy atom. The van der Waals surface area contributed by atoms with Gasteiger partial charge in [-0.25, -0.2) is 4.72 Å². The van der Waals surface area contributed by atoms with Crippen molar-refractivity contribution in [2.45, 2.75) is 104 Å². The van der Waals surface area contributed by atoms with Crippen LogP contribution in [0.15, 0.2) is 36.4 Å². The number of benzene rings is 2. The first-order valence-electron chi connectivity index (χ1n) is 18.3. The molecular weight excluding hydrogens is 663 g/mol. The van der Waals surface area contributed by atoms with Gasteiger partial charge in [-0.2, -0.15) is 12.7 Å². The van der Waals surface area contributed by atoms with Gasteiger partial charge in [-0.15, -0.1) is 5.92 Å². The van der Waals surface area contributed by atoms with E-state index >= 15 is 0 Å². The van der Waals surface area contributed by atoms with Gasteiger partial charge in [0.05, 0.1) is 24.8 Å². The Balaban J connectivity index is 1.68. The molecule has 0 saturated heterocycles. The van der Waals surface area contributed by atoms with Crippen molar-refractivity contribution < 1.29 is 22.7 Å². The van der Waals surface area contributed by atoms with E-state index in [0.29, 0.717) is 26.1 Å². The number of hydrogen-bond acceptors (Lipinski definition) is 6. The quantitative estimate of drug-likeness (QED) is 0.180. The van der Waals surface area contributed by atoms with Gasteiger partial charge in [0.1, 0.15) is 5.75 Å². The molecule has 1 saturated carbocycles. The highest BCUT2D eigenvalue weighted by Gasteiger charge is 2.63. The fraction of sp³-hybridized carbons (Fsp3) is 0.550. The second kappa shape index (κ2) is 15.4. The molecule has 5 rings (SSSR count). The van der Waals surface area contributed by atoms with Crippen molar-refractivity contribution in [2.24, 2.45) is 5.41 Å². The van der Waals surface area contributed by atoms with Crippen LogP contribution in [0.25, 0.3) is 22.2 Å². The largest absolute Gasteiger partial charge is 0.497 e. The Hall–Kier alpha value is -3.85. The number of methoxy groups -OCH3 is 1. The number of carbonyl (C=O) groups excluding carboxylic acids is 2. The maximum Gasteiger partial charge on any atom is 0.303 e. The highest BCUT2D eigenvalue weighted by Crippen LogP contribution is 2.65. The van der Waals surface area contributed by atoms with Crippen LogP contribution < -0.4 is 14.8 Å². The molecule has 0 bridgehead atoms. The molecule has 1 fully saturated rings. The SMILES string of the molecule is CC#CCN(CC(C)NC(=O)C12CC1c1cc(OC)ccc1-c1c(C(CCC)CCC)c3ccc(C(=O)NS(=O)(=O)N(C)C)cc3n1C2)C(C)C. The lowest BCUT2D eigenvalue weighted by Crippen LogP contribution is -2.47. The number of hydrogen-bond donors (Lipinski definition) is 2. The van der Waals surface area contributed by atoms with Gasteiger partial charge in [0.15, 0.2) is 0 Å². The smallest absolute Gasteiger partial charge is 0.303 e. The lowest BCUT2D eigenvalue weighted by Gasteiger charge is -2.29. The standard InChI is InChI=1S/C40H55N5O5S/c1-10-13-20-44(26(4)5)24-27(6)41-39(47)40-23-34(40)33-22-30(50-9)17-19-31(33)37-36(28(14-11-2)15-12-3)32-18-16-29(21-35(32)45(37)25-40)38(46)42-51(48,49)43(7)8/h16-19,21-22,26-28,34H,11-12,14-15,20,23-25H2,1-9H3,(H,41,47)(H,42,46). The molecule has 3 unspecified atom stereocenters. The number of carbonyl (C=O) groups is 2. The summed E-state index contributed by atoms with van der Waals surface area (Å²) in [5, 5.41) is 4.41. The molecule has 1 aromatic heterocycles. The van der Waals surface area contributed by atoms with Crippen LogP contribution in [-0.2, 0) is 21.5 Å². The van der Waals surface area contributed by atoms with Gasteiger partial charge in [-0.05, 0) is 94.3 Å². The van der Waals surface area contributed by atoms with Crippen LogP contribution in [0.2, 0.25) is 0 Å². The van der Waals surface area contributed by atoms with Gasteiger partial charge in [0.2, 0.25) is 5.91 Å². The Morgan fingerprint density at radius 1 is 1.08 bits per heavy atom. The molecule has 51 heavy (non-hydrogen) atoms. The van der Waals surface area contributed by atoms with Gasteiger partial charge in [0, 0.05) is 67.2 Å². The summed E-state index contributed by atoms with van der Waals surface area (Å²) in [7, 11) is 0.429. The molecule has 2 amide bonds. The summed E-state index contributed by atoms with van der Waals surface area (Å²) < 4.78 is 36.4. The van der Waals surface area contributed by atoms with Crippen LogP contribution in [0.4, 0.5) is 0 Å². The van der Waals surface area contributed by atoms with E-state index in [-0.39, 0.29) is 35.4 Å². The second-order valence-corrected chi connectivity index (χ2v) is 16.6. The first kappa shape index (κ1) is 38.4. The Kier molecular flexibility index (Phi) is 11.6. The van der Waals surface area contributed by atoms with Gasteiger partial charge >= 0.3 is 10.2 Å². The van der Waals surface area contributed by atoms with Crippen LogP contribution in [0, 0.1) is 17.3 Å². The minimum absolute atomic E-state index is 0.0138. The van der Waals surface area contributed by atoms with Crippen LogP contribution in [0.3, 0.4) is 0 Å².